The van der Waals surface area contributed by atoms with E-state index in [9.17, 15) is 9.59 Å². The Bertz CT molecular complexity index is 790. The van der Waals surface area contributed by atoms with Gasteiger partial charge in [-0.1, -0.05) is 18.9 Å². The van der Waals surface area contributed by atoms with Crippen LogP contribution >= 0.6 is 11.3 Å². The van der Waals surface area contributed by atoms with E-state index >= 15 is 0 Å². The van der Waals surface area contributed by atoms with E-state index in [1.165, 1.54) is 12.8 Å². The molecule has 1 saturated carbocycles. The lowest BCUT2D eigenvalue weighted by Gasteiger charge is -2.25. The standard InChI is InChI=1S/C19H24N4O3S/c24-18(20-14-4-1-2-5-14)13-23-16(17-6-3-11-27-17)12-15(21-23)19(25)22-7-9-26-10-8-22/h3,6,11-12,14H,1-2,4-5,7-10,13H2,(H,20,24). The number of aromatic nitrogens is 2. The minimum Gasteiger partial charge on any atom is -0.378 e. The van der Waals surface area contributed by atoms with E-state index in [1.54, 1.807) is 27.0 Å². The number of nitrogens with one attached hydrogen (secondary N) is 1. The molecule has 2 aromatic heterocycles. The summed E-state index contributed by atoms with van der Waals surface area (Å²) in [6.07, 6.45) is 4.43. The first-order chi connectivity index (χ1) is 13.2. The fraction of sp³-hybridized carbons (Fsp3) is 0.526. The number of rotatable bonds is 5. The zero-order chi connectivity index (χ0) is 18.6. The molecule has 7 nitrogen and oxygen atoms in total. The van der Waals surface area contributed by atoms with Crippen LogP contribution in [0.25, 0.3) is 10.6 Å². The van der Waals surface area contributed by atoms with E-state index in [-0.39, 0.29) is 24.4 Å². The second kappa shape index (κ2) is 8.22. The third-order valence-electron chi connectivity index (χ3n) is 5.08. The molecule has 2 amide bonds. The minimum atomic E-state index is -0.106. The minimum absolute atomic E-state index is 0.0480. The molecule has 0 aromatic carbocycles. The third-order valence-corrected chi connectivity index (χ3v) is 5.98. The summed E-state index contributed by atoms with van der Waals surface area (Å²) in [6.45, 7) is 2.37. The largest absolute Gasteiger partial charge is 0.378 e. The Hall–Kier alpha value is -2.19. The maximum absolute atomic E-state index is 12.8. The summed E-state index contributed by atoms with van der Waals surface area (Å²) in [6, 6.07) is 6.01. The molecule has 27 heavy (non-hydrogen) atoms. The van der Waals surface area contributed by atoms with Crippen molar-refractivity contribution in [3.63, 3.8) is 0 Å². The van der Waals surface area contributed by atoms with Gasteiger partial charge in [0.05, 0.1) is 23.8 Å². The van der Waals surface area contributed by atoms with Crippen molar-refractivity contribution in [3.8, 4) is 10.6 Å². The van der Waals surface area contributed by atoms with Crippen molar-refractivity contribution in [2.75, 3.05) is 26.3 Å². The molecule has 0 radical (unpaired) electrons. The van der Waals surface area contributed by atoms with Gasteiger partial charge in [-0.3, -0.25) is 14.3 Å². The second-order valence-corrected chi connectivity index (χ2v) is 7.95. The van der Waals surface area contributed by atoms with E-state index < -0.39 is 0 Å². The Labute approximate surface area is 162 Å². The van der Waals surface area contributed by atoms with Crippen LogP contribution in [0, 0.1) is 0 Å². The van der Waals surface area contributed by atoms with E-state index in [1.807, 2.05) is 17.5 Å². The summed E-state index contributed by atoms with van der Waals surface area (Å²) in [5.41, 5.74) is 1.19. The molecule has 1 saturated heterocycles. The Morgan fingerprint density at radius 2 is 2.04 bits per heavy atom. The molecule has 1 aliphatic heterocycles. The van der Waals surface area contributed by atoms with Crippen LogP contribution in [0.15, 0.2) is 23.6 Å². The van der Waals surface area contributed by atoms with Crippen LogP contribution in [0.4, 0.5) is 0 Å². The van der Waals surface area contributed by atoms with Gasteiger partial charge in [-0.15, -0.1) is 11.3 Å². The highest BCUT2D eigenvalue weighted by atomic mass is 32.1. The lowest BCUT2D eigenvalue weighted by Crippen LogP contribution is -2.41. The number of thiophene rings is 1. The lowest BCUT2D eigenvalue weighted by atomic mass is 10.2. The van der Waals surface area contributed by atoms with E-state index in [2.05, 4.69) is 10.4 Å². The van der Waals surface area contributed by atoms with Gasteiger partial charge in [0.15, 0.2) is 5.69 Å². The zero-order valence-electron chi connectivity index (χ0n) is 15.2. The van der Waals surface area contributed by atoms with E-state index in [0.29, 0.717) is 32.0 Å². The molecule has 0 unspecified atom stereocenters. The number of carbonyl (C=O) groups is 2. The summed E-state index contributed by atoms with van der Waals surface area (Å²) >= 11 is 1.57. The van der Waals surface area contributed by atoms with Gasteiger partial charge < -0.3 is 15.0 Å². The number of morpholine rings is 1. The Kier molecular flexibility index (Phi) is 5.54. The molecule has 1 N–H and O–H groups in total. The Balaban J connectivity index is 1.54. The molecule has 0 bridgehead atoms. The molecule has 1 aliphatic carbocycles. The van der Waals surface area contributed by atoms with Gasteiger partial charge >= 0.3 is 0 Å². The average molecular weight is 388 g/mol. The molecule has 2 aromatic rings. The fourth-order valence-electron chi connectivity index (χ4n) is 3.67. The maximum Gasteiger partial charge on any atom is 0.274 e. The molecule has 0 atom stereocenters. The molecule has 144 valence electrons. The first-order valence-corrected chi connectivity index (χ1v) is 10.4. The highest BCUT2D eigenvalue weighted by Crippen LogP contribution is 2.26. The summed E-state index contributed by atoms with van der Waals surface area (Å²) < 4.78 is 6.98. The first-order valence-electron chi connectivity index (χ1n) is 9.49. The average Bonchev–Trinajstić information content (AvgIpc) is 3.43. The van der Waals surface area contributed by atoms with Crippen LogP contribution in [0.2, 0.25) is 0 Å². The number of hydrogen-bond acceptors (Lipinski definition) is 5. The van der Waals surface area contributed by atoms with Gasteiger partial charge in [0, 0.05) is 19.1 Å². The third kappa shape index (κ3) is 4.22. The number of amides is 2. The van der Waals surface area contributed by atoms with Crippen LogP contribution in [0.1, 0.15) is 36.2 Å². The second-order valence-electron chi connectivity index (χ2n) is 7.00. The van der Waals surface area contributed by atoms with Crippen molar-refractivity contribution < 1.29 is 14.3 Å². The van der Waals surface area contributed by atoms with Crippen molar-refractivity contribution in [1.82, 2.24) is 20.0 Å². The molecule has 2 aliphatic rings. The van der Waals surface area contributed by atoms with Crippen LogP contribution in [-0.2, 0) is 16.1 Å². The predicted molar refractivity (Wildman–Crippen MR) is 103 cm³/mol. The van der Waals surface area contributed by atoms with Gasteiger partial charge in [0.1, 0.15) is 6.54 Å². The topological polar surface area (TPSA) is 76.5 Å². The van der Waals surface area contributed by atoms with Crippen LogP contribution in [0.5, 0.6) is 0 Å². The van der Waals surface area contributed by atoms with Crippen LogP contribution in [-0.4, -0.2) is 58.8 Å². The molecule has 4 rings (SSSR count). The van der Waals surface area contributed by atoms with E-state index in [4.69, 9.17) is 4.74 Å². The normalized spacial score (nSPS) is 18.0. The van der Waals surface area contributed by atoms with Gasteiger partial charge in [-0.05, 0) is 30.4 Å². The van der Waals surface area contributed by atoms with Crippen molar-refractivity contribution >= 4 is 23.2 Å². The van der Waals surface area contributed by atoms with Crippen LogP contribution < -0.4 is 5.32 Å². The number of hydrogen-bond donors (Lipinski definition) is 1. The Morgan fingerprint density at radius 1 is 1.26 bits per heavy atom. The summed E-state index contributed by atoms with van der Waals surface area (Å²) in [4.78, 5) is 28.0. The smallest absolute Gasteiger partial charge is 0.274 e. The monoisotopic (exact) mass is 388 g/mol. The SMILES string of the molecule is O=C(Cn1nc(C(=O)N2CCOCC2)cc1-c1cccs1)NC1CCCC1. The maximum atomic E-state index is 12.8. The van der Waals surface area contributed by atoms with Crippen molar-refractivity contribution in [1.29, 1.82) is 0 Å². The summed E-state index contributed by atoms with van der Waals surface area (Å²) in [5.74, 6) is -0.153. The molecular weight excluding hydrogens is 364 g/mol. The van der Waals surface area contributed by atoms with Gasteiger partial charge in [-0.2, -0.15) is 5.10 Å². The van der Waals surface area contributed by atoms with Crippen molar-refractivity contribution in [2.24, 2.45) is 0 Å². The van der Waals surface area contributed by atoms with Gasteiger partial charge in [0.25, 0.3) is 5.91 Å². The van der Waals surface area contributed by atoms with Crippen LogP contribution in [0.3, 0.4) is 0 Å². The highest BCUT2D eigenvalue weighted by molar-refractivity contribution is 7.13. The summed E-state index contributed by atoms with van der Waals surface area (Å²) in [5, 5.41) is 9.56. The summed E-state index contributed by atoms with van der Waals surface area (Å²) in [7, 11) is 0. The van der Waals surface area contributed by atoms with Gasteiger partial charge in [0.2, 0.25) is 5.91 Å². The highest BCUT2D eigenvalue weighted by Gasteiger charge is 2.24. The van der Waals surface area contributed by atoms with Crippen molar-refractivity contribution in [2.45, 2.75) is 38.3 Å². The van der Waals surface area contributed by atoms with Crippen molar-refractivity contribution in [3.05, 3.63) is 29.3 Å². The lowest BCUT2D eigenvalue weighted by molar-refractivity contribution is -0.122. The zero-order valence-corrected chi connectivity index (χ0v) is 16.0. The quantitative estimate of drug-likeness (QED) is 0.851. The number of carbonyl (C=O) groups excluding carboxylic acids is 2. The Morgan fingerprint density at radius 3 is 2.74 bits per heavy atom. The predicted octanol–water partition coefficient (Wildman–Crippen LogP) is 2.14. The van der Waals surface area contributed by atoms with E-state index in [0.717, 1.165) is 23.4 Å². The fourth-order valence-corrected chi connectivity index (χ4v) is 4.42. The number of ether oxygens (including phenoxy) is 1. The molecule has 8 heteroatoms. The first kappa shape index (κ1) is 18.2. The van der Waals surface area contributed by atoms with Gasteiger partial charge in [-0.25, -0.2) is 0 Å². The molecule has 3 heterocycles. The molecule has 0 spiro atoms. The molecular formula is C19H24N4O3S. The molecule has 2 fully saturated rings. The number of nitrogens with zero attached hydrogens (tertiary/aromatic N) is 3.